The number of carbonyl (C=O) groups is 1. The first kappa shape index (κ1) is 12.7. The van der Waals surface area contributed by atoms with E-state index in [9.17, 15) is 4.79 Å². The van der Waals surface area contributed by atoms with E-state index in [4.69, 9.17) is 0 Å². The van der Waals surface area contributed by atoms with E-state index < -0.39 is 0 Å². The van der Waals surface area contributed by atoms with Crippen LogP contribution in [-0.2, 0) is 4.79 Å². The standard InChI is InChI=1S/C17H23NO/c1-3-18(12(2)19)17-15-10-9-14(11-15)16(17)13-7-5-4-6-8-13/h4-8,14-17H,3,9-11H2,1-2H3. The van der Waals surface area contributed by atoms with Crippen molar-refractivity contribution in [3.05, 3.63) is 35.9 Å². The quantitative estimate of drug-likeness (QED) is 0.812. The number of fused-ring (bicyclic) bond motifs is 2. The molecule has 1 aromatic carbocycles. The van der Waals surface area contributed by atoms with E-state index in [1.807, 2.05) is 0 Å². The van der Waals surface area contributed by atoms with Crippen LogP contribution in [0.2, 0.25) is 0 Å². The lowest BCUT2D eigenvalue weighted by atomic mass is 9.79. The molecule has 2 fully saturated rings. The van der Waals surface area contributed by atoms with E-state index in [0.29, 0.717) is 12.0 Å². The lowest BCUT2D eigenvalue weighted by Crippen LogP contribution is -2.45. The lowest BCUT2D eigenvalue weighted by Gasteiger charge is -2.39. The summed E-state index contributed by atoms with van der Waals surface area (Å²) in [6.07, 6.45) is 3.96. The van der Waals surface area contributed by atoms with E-state index >= 15 is 0 Å². The molecule has 2 aliphatic carbocycles. The Kier molecular flexibility index (Phi) is 3.34. The van der Waals surface area contributed by atoms with Crippen molar-refractivity contribution in [1.82, 2.24) is 4.90 Å². The average molecular weight is 257 g/mol. The van der Waals surface area contributed by atoms with Gasteiger partial charge in [-0.05, 0) is 43.6 Å². The van der Waals surface area contributed by atoms with Gasteiger partial charge in [-0.1, -0.05) is 30.3 Å². The Bertz CT molecular complexity index is 456. The second-order valence-corrected chi connectivity index (χ2v) is 6.07. The zero-order chi connectivity index (χ0) is 13.4. The van der Waals surface area contributed by atoms with Gasteiger partial charge in [0, 0.05) is 25.4 Å². The van der Waals surface area contributed by atoms with Gasteiger partial charge in [0.1, 0.15) is 0 Å². The second kappa shape index (κ2) is 4.99. The normalized spacial score (nSPS) is 32.5. The van der Waals surface area contributed by atoms with Gasteiger partial charge in [-0.2, -0.15) is 0 Å². The van der Waals surface area contributed by atoms with Crippen molar-refractivity contribution >= 4 is 5.91 Å². The van der Waals surface area contributed by atoms with E-state index in [1.54, 1.807) is 6.92 Å². The number of carbonyl (C=O) groups excluding carboxylic acids is 1. The van der Waals surface area contributed by atoms with Gasteiger partial charge in [-0.3, -0.25) is 4.79 Å². The van der Waals surface area contributed by atoms with Crippen molar-refractivity contribution < 1.29 is 4.79 Å². The topological polar surface area (TPSA) is 20.3 Å². The highest BCUT2D eigenvalue weighted by molar-refractivity contribution is 5.74. The highest BCUT2D eigenvalue weighted by atomic mass is 16.2. The molecule has 0 saturated heterocycles. The number of hydrogen-bond donors (Lipinski definition) is 0. The third-order valence-electron chi connectivity index (χ3n) is 5.16. The minimum Gasteiger partial charge on any atom is -0.339 e. The second-order valence-electron chi connectivity index (χ2n) is 6.07. The summed E-state index contributed by atoms with van der Waals surface area (Å²) < 4.78 is 0. The number of rotatable bonds is 3. The minimum atomic E-state index is 0.237. The first-order valence-corrected chi connectivity index (χ1v) is 7.54. The predicted molar refractivity (Wildman–Crippen MR) is 76.9 cm³/mol. The van der Waals surface area contributed by atoms with Crippen LogP contribution in [0.4, 0.5) is 0 Å². The summed E-state index contributed by atoms with van der Waals surface area (Å²) in [4.78, 5) is 14.1. The number of likely N-dealkylation sites (N-methyl/N-ethyl adjacent to an activating group) is 1. The number of hydrogen-bond acceptors (Lipinski definition) is 1. The van der Waals surface area contributed by atoms with Crippen molar-refractivity contribution in [2.24, 2.45) is 11.8 Å². The van der Waals surface area contributed by atoms with Crippen LogP contribution in [0.5, 0.6) is 0 Å². The Labute approximate surface area is 115 Å². The van der Waals surface area contributed by atoms with Crippen LogP contribution < -0.4 is 0 Å². The molecule has 3 rings (SSSR count). The fraction of sp³-hybridized carbons (Fsp3) is 0.588. The first-order chi connectivity index (χ1) is 9.22. The van der Waals surface area contributed by atoms with Crippen LogP contribution in [0.3, 0.4) is 0 Å². The fourth-order valence-electron chi connectivity index (χ4n) is 4.50. The molecule has 0 aromatic heterocycles. The molecule has 1 amide bonds. The molecule has 2 nitrogen and oxygen atoms in total. The van der Waals surface area contributed by atoms with Crippen molar-refractivity contribution in [2.75, 3.05) is 6.54 Å². The Morgan fingerprint density at radius 3 is 2.53 bits per heavy atom. The molecule has 2 aliphatic rings. The number of nitrogens with zero attached hydrogens (tertiary/aromatic N) is 1. The van der Waals surface area contributed by atoms with Crippen molar-refractivity contribution in [2.45, 2.75) is 45.1 Å². The monoisotopic (exact) mass is 257 g/mol. The van der Waals surface area contributed by atoms with Gasteiger partial charge in [0.2, 0.25) is 5.91 Å². The first-order valence-electron chi connectivity index (χ1n) is 7.54. The lowest BCUT2D eigenvalue weighted by molar-refractivity contribution is -0.132. The Balaban J connectivity index is 1.94. The zero-order valence-electron chi connectivity index (χ0n) is 11.9. The van der Waals surface area contributed by atoms with Crippen molar-refractivity contribution in [3.63, 3.8) is 0 Å². The summed E-state index contributed by atoms with van der Waals surface area (Å²) in [5, 5.41) is 0. The van der Waals surface area contributed by atoms with Crippen molar-refractivity contribution in [3.8, 4) is 0 Å². The Morgan fingerprint density at radius 1 is 1.21 bits per heavy atom. The Morgan fingerprint density at radius 2 is 1.89 bits per heavy atom. The van der Waals surface area contributed by atoms with E-state index in [2.05, 4.69) is 42.2 Å². The molecular formula is C17H23NO. The maximum Gasteiger partial charge on any atom is 0.219 e. The molecule has 1 aromatic rings. The maximum atomic E-state index is 11.9. The molecule has 0 radical (unpaired) electrons. The van der Waals surface area contributed by atoms with Gasteiger partial charge in [-0.25, -0.2) is 0 Å². The molecule has 2 saturated carbocycles. The minimum absolute atomic E-state index is 0.237. The molecule has 19 heavy (non-hydrogen) atoms. The van der Waals surface area contributed by atoms with E-state index in [0.717, 1.165) is 18.4 Å². The summed E-state index contributed by atoms with van der Waals surface area (Å²) in [5.74, 6) is 2.30. The molecule has 2 heteroatoms. The highest BCUT2D eigenvalue weighted by Crippen LogP contribution is 2.54. The Hall–Kier alpha value is -1.31. The molecule has 0 N–H and O–H groups in total. The van der Waals surface area contributed by atoms with Gasteiger partial charge in [0.25, 0.3) is 0 Å². The summed E-state index contributed by atoms with van der Waals surface area (Å²) in [6, 6.07) is 11.3. The van der Waals surface area contributed by atoms with Gasteiger partial charge in [-0.15, -0.1) is 0 Å². The van der Waals surface area contributed by atoms with Crippen LogP contribution in [0.15, 0.2) is 30.3 Å². The number of amides is 1. The van der Waals surface area contributed by atoms with E-state index in [1.165, 1.54) is 24.8 Å². The molecule has 0 spiro atoms. The van der Waals surface area contributed by atoms with Gasteiger partial charge < -0.3 is 4.90 Å². The van der Waals surface area contributed by atoms with Crippen LogP contribution >= 0.6 is 0 Å². The third kappa shape index (κ3) is 2.07. The van der Waals surface area contributed by atoms with Crippen LogP contribution in [-0.4, -0.2) is 23.4 Å². The summed E-state index contributed by atoms with van der Waals surface area (Å²) in [6.45, 7) is 4.67. The zero-order valence-corrected chi connectivity index (χ0v) is 11.9. The smallest absolute Gasteiger partial charge is 0.219 e. The van der Waals surface area contributed by atoms with Crippen molar-refractivity contribution in [1.29, 1.82) is 0 Å². The van der Waals surface area contributed by atoms with Gasteiger partial charge in [0.05, 0.1) is 0 Å². The molecule has 0 aliphatic heterocycles. The van der Waals surface area contributed by atoms with Crippen LogP contribution in [0.1, 0.15) is 44.6 Å². The average Bonchev–Trinajstić information content (AvgIpc) is 3.01. The fourth-order valence-corrected chi connectivity index (χ4v) is 4.50. The van der Waals surface area contributed by atoms with Crippen LogP contribution in [0, 0.1) is 11.8 Å². The molecular weight excluding hydrogens is 234 g/mol. The maximum absolute atomic E-state index is 11.9. The molecule has 102 valence electrons. The summed E-state index contributed by atoms with van der Waals surface area (Å²) >= 11 is 0. The number of benzene rings is 1. The van der Waals surface area contributed by atoms with Gasteiger partial charge in [0.15, 0.2) is 0 Å². The molecule has 2 bridgehead atoms. The molecule has 0 heterocycles. The molecule has 4 atom stereocenters. The van der Waals surface area contributed by atoms with E-state index in [-0.39, 0.29) is 5.91 Å². The highest BCUT2D eigenvalue weighted by Gasteiger charge is 2.50. The largest absolute Gasteiger partial charge is 0.339 e. The third-order valence-corrected chi connectivity index (χ3v) is 5.16. The van der Waals surface area contributed by atoms with Crippen LogP contribution in [0.25, 0.3) is 0 Å². The SMILES string of the molecule is CCN(C(C)=O)C1C2CCC(C2)C1c1ccccc1. The van der Waals surface area contributed by atoms with Gasteiger partial charge >= 0.3 is 0 Å². The molecule has 4 unspecified atom stereocenters. The summed E-state index contributed by atoms with van der Waals surface area (Å²) in [5.41, 5.74) is 1.43. The summed E-state index contributed by atoms with van der Waals surface area (Å²) in [7, 11) is 0. The predicted octanol–water partition coefficient (Wildman–Crippen LogP) is 3.44.